The lowest BCUT2D eigenvalue weighted by molar-refractivity contribution is -0.144. The van der Waals surface area contributed by atoms with Gasteiger partial charge in [-0.05, 0) is 31.5 Å². The SMILES string of the molecule is NC(=S)c1ccccc1NC(=O)CN1CCCC(C(=O)O)C1. The van der Waals surface area contributed by atoms with Crippen LogP contribution in [0.15, 0.2) is 24.3 Å². The van der Waals surface area contributed by atoms with Gasteiger partial charge in [0.1, 0.15) is 4.99 Å². The van der Waals surface area contributed by atoms with Gasteiger partial charge in [0, 0.05) is 12.1 Å². The van der Waals surface area contributed by atoms with E-state index in [4.69, 9.17) is 23.1 Å². The maximum atomic E-state index is 12.1. The number of rotatable bonds is 5. The fourth-order valence-electron chi connectivity index (χ4n) is 2.60. The van der Waals surface area contributed by atoms with Crippen LogP contribution in [0.2, 0.25) is 0 Å². The molecule has 0 bridgehead atoms. The minimum atomic E-state index is -0.802. The van der Waals surface area contributed by atoms with Gasteiger partial charge in [-0.25, -0.2) is 0 Å². The van der Waals surface area contributed by atoms with Crippen LogP contribution in [0.25, 0.3) is 0 Å². The normalized spacial score (nSPS) is 18.6. The molecular weight excluding hydrogens is 302 g/mol. The molecule has 0 saturated carbocycles. The summed E-state index contributed by atoms with van der Waals surface area (Å²) in [5.41, 5.74) is 6.82. The summed E-state index contributed by atoms with van der Waals surface area (Å²) >= 11 is 4.96. The third-order valence-corrected chi connectivity index (χ3v) is 3.91. The first kappa shape index (κ1) is 16.4. The number of nitrogens with zero attached hydrogens (tertiary/aromatic N) is 1. The van der Waals surface area contributed by atoms with E-state index in [1.165, 1.54) is 0 Å². The number of nitrogens with one attached hydrogen (secondary N) is 1. The van der Waals surface area contributed by atoms with E-state index in [1.54, 1.807) is 24.3 Å². The molecule has 1 aliphatic heterocycles. The van der Waals surface area contributed by atoms with Crippen LogP contribution >= 0.6 is 12.2 Å². The number of carbonyl (C=O) groups excluding carboxylic acids is 1. The van der Waals surface area contributed by atoms with Gasteiger partial charge in [0.05, 0.1) is 18.2 Å². The predicted molar refractivity (Wildman–Crippen MR) is 87.8 cm³/mol. The summed E-state index contributed by atoms with van der Waals surface area (Å²) in [7, 11) is 0. The molecule has 1 atom stereocenters. The summed E-state index contributed by atoms with van der Waals surface area (Å²) in [6.07, 6.45) is 1.45. The smallest absolute Gasteiger partial charge is 0.307 e. The summed E-state index contributed by atoms with van der Waals surface area (Å²) in [6.45, 7) is 1.29. The van der Waals surface area contributed by atoms with Crippen molar-refractivity contribution >= 4 is 34.8 Å². The van der Waals surface area contributed by atoms with Crippen molar-refractivity contribution in [2.75, 3.05) is 25.0 Å². The fraction of sp³-hybridized carbons (Fsp3) is 0.400. The molecule has 0 aliphatic carbocycles. The van der Waals surface area contributed by atoms with Crippen LogP contribution in [0, 0.1) is 5.92 Å². The van der Waals surface area contributed by atoms with E-state index in [9.17, 15) is 9.59 Å². The van der Waals surface area contributed by atoms with E-state index in [0.29, 0.717) is 24.2 Å². The summed E-state index contributed by atoms with van der Waals surface area (Å²) in [5.74, 6) is -1.40. The number of para-hydroxylation sites is 1. The van der Waals surface area contributed by atoms with E-state index in [2.05, 4.69) is 5.32 Å². The Balaban J connectivity index is 1.96. The highest BCUT2D eigenvalue weighted by atomic mass is 32.1. The molecule has 0 radical (unpaired) electrons. The first-order valence-corrected chi connectivity index (χ1v) is 7.52. The van der Waals surface area contributed by atoms with Crippen LogP contribution in [-0.4, -0.2) is 46.5 Å². The number of anilines is 1. The van der Waals surface area contributed by atoms with Gasteiger partial charge in [-0.2, -0.15) is 0 Å². The Morgan fingerprint density at radius 2 is 2.14 bits per heavy atom. The molecule has 118 valence electrons. The minimum absolute atomic E-state index is 0.162. The number of carbonyl (C=O) groups is 2. The quantitative estimate of drug-likeness (QED) is 0.702. The zero-order valence-electron chi connectivity index (χ0n) is 12.1. The Hall–Kier alpha value is -1.99. The number of aliphatic carboxylic acids is 1. The number of amides is 1. The molecule has 22 heavy (non-hydrogen) atoms. The molecule has 1 saturated heterocycles. The molecule has 7 heteroatoms. The van der Waals surface area contributed by atoms with Crippen molar-refractivity contribution in [1.82, 2.24) is 4.90 Å². The van der Waals surface area contributed by atoms with Crippen LogP contribution in [0.4, 0.5) is 5.69 Å². The van der Waals surface area contributed by atoms with E-state index in [1.807, 2.05) is 4.90 Å². The van der Waals surface area contributed by atoms with Crippen molar-refractivity contribution < 1.29 is 14.7 Å². The molecule has 1 aromatic rings. The number of likely N-dealkylation sites (tertiary alicyclic amines) is 1. The van der Waals surface area contributed by atoms with Gasteiger partial charge in [-0.1, -0.05) is 24.4 Å². The van der Waals surface area contributed by atoms with Crippen molar-refractivity contribution in [2.24, 2.45) is 11.7 Å². The highest BCUT2D eigenvalue weighted by molar-refractivity contribution is 7.80. The average molecular weight is 321 g/mol. The molecule has 1 aliphatic rings. The Morgan fingerprint density at radius 3 is 2.82 bits per heavy atom. The van der Waals surface area contributed by atoms with Crippen LogP contribution in [0.1, 0.15) is 18.4 Å². The lowest BCUT2D eigenvalue weighted by Gasteiger charge is -2.30. The number of carboxylic acids is 1. The van der Waals surface area contributed by atoms with Gasteiger partial charge in [-0.15, -0.1) is 0 Å². The summed E-state index contributed by atoms with van der Waals surface area (Å²) < 4.78 is 0. The first-order chi connectivity index (χ1) is 10.5. The molecule has 0 spiro atoms. The molecule has 1 unspecified atom stereocenters. The van der Waals surface area contributed by atoms with Crippen molar-refractivity contribution in [3.05, 3.63) is 29.8 Å². The third-order valence-electron chi connectivity index (χ3n) is 3.69. The largest absolute Gasteiger partial charge is 0.481 e. The topological polar surface area (TPSA) is 95.7 Å². The summed E-state index contributed by atoms with van der Waals surface area (Å²) in [4.78, 5) is 25.3. The Bertz CT molecular complexity index is 591. The number of piperidine rings is 1. The molecule has 1 heterocycles. The van der Waals surface area contributed by atoms with Crippen LogP contribution in [0.5, 0.6) is 0 Å². The van der Waals surface area contributed by atoms with E-state index < -0.39 is 11.9 Å². The fourth-order valence-corrected chi connectivity index (χ4v) is 2.78. The van der Waals surface area contributed by atoms with Gasteiger partial charge in [0.15, 0.2) is 0 Å². The Labute approximate surface area is 134 Å². The van der Waals surface area contributed by atoms with Gasteiger partial charge >= 0.3 is 5.97 Å². The summed E-state index contributed by atoms with van der Waals surface area (Å²) in [6, 6.07) is 7.08. The molecular formula is C15H19N3O3S. The molecule has 1 amide bonds. The number of nitrogens with two attached hydrogens (primary N) is 1. The second-order valence-electron chi connectivity index (χ2n) is 5.37. The molecule has 4 N–H and O–H groups in total. The minimum Gasteiger partial charge on any atom is -0.481 e. The van der Waals surface area contributed by atoms with Crippen molar-refractivity contribution in [1.29, 1.82) is 0 Å². The standard InChI is InChI=1S/C15H19N3O3S/c16-14(22)11-5-1-2-6-12(11)17-13(19)9-18-7-3-4-10(8-18)15(20)21/h1-2,5-6,10H,3-4,7-9H2,(H2,16,22)(H,17,19)(H,20,21). The summed E-state index contributed by atoms with van der Waals surface area (Å²) in [5, 5.41) is 11.9. The molecule has 2 rings (SSSR count). The second kappa shape index (κ2) is 7.33. The van der Waals surface area contributed by atoms with Crippen LogP contribution in [0.3, 0.4) is 0 Å². The lowest BCUT2D eigenvalue weighted by Crippen LogP contribution is -2.42. The van der Waals surface area contributed by atoms with Crippen LogP contribution < -0.4 is 11.1 Å². The zero-order chi connectivity index (χ0) is 16.1. The first-order valence-electron chi connectivity index (χ1n) is 7.11. The lowest BCUT2D eigenvalue weighted by atomic mass is 9.98. The van der Waals surface area contributed by atoms with Gasteiger partial charge in [-0.3, -0.25) is 14.5 Å². The number of benzene rings is 1. The van der Waals surface area contributed by atoms with Crippen molar-refractivity contribution in [2.45, 2.75) is 12.8 Å². The average Bonchev–Trinajstić information content (AvgIpc) is 2.47. The van der Waals surface area contributed by atoms with E-state index in [0.717, 1.165) is 13.0 Å². The number of thiocarbonyl (C=S) groups is 1. The maximum Gasteiger partial charge on any atom is 0.307 e. The predicted octanol–water partition coefficient (Wildman–Crippen LogP) is 1.06. The van der Waals surface area contributed by atoms with Gasteiger partial charge < -0.3 is 16.2 Å². The van der Waals surface area contributed by atoms with E-state index >= 15 is 0 Å². The number of hydrogen-bond acceptors (Lipinski definition) is 4. The zero-order valence-corrected chi connectivity index (χ0v) is 12.9. The highest BCUT2D eigenvalue weighted by Gasteiger charge is 2.26. The molecule has 6 nitrogen and oxygen atoms in total. The monoisotopic (exact) mass is 321 g/mol. The van der Waals surface area contributed by atoms with Crippen molar-refractivity contribution in [3.63, 3.8) is 0 Å². The third kappa shape index (κ3) is 4.25. The van der Waals surface area contributed by atoms with E-state index in [-0.39, 0.29) is 17.4 Å². The van der Waals surface area contributed by atoms with Crippen LogP contribution in [-0.2, 0) is 9.59 Å². The number of carboxylic acid groups (broad SMARTS) is 1. The molecule has 1 fully saturated rings. The highest BCUT2D eigenvalue weighted by Crippen LogP contribution is 2.18. The molecule has 1 aromatic carbocycles. The maximum absolute atomic E-state index is 12.1. The van der Waals surface area contributed by atoms with Gasteiger partial charge in [0.2, 0.25) is 5.91 Å². The van der Waals surface area contributed by atoms with Gasteiger partial charge in [0.25, 0.3) is 0 Å². The number of hydrogen-bond donors (Lipinski definition) is 3. The second-order valence-corrected chi connectivity index (χ2v) is 5.81. The Kier molecular flexibility index (Phi) is 5.46. The van der Waals surface area contributed by atoms with Crippen molar-refractivity contribution in [3.8, 4) is 0 Å². The molecule has 0 aromatic heterocycles. The Morgan fingerprint density at radius 1 is 1.41 bits per heavy atom.